The van der Waals surface area contributed by atoms with E-state index >= 15 is 0 Å². The van der Waals surface area contributed by atoms with Gasteiger partial charge in [0.25, 0.3) is 5.91 Å². The van der Waals surface area contributed by atoms with Gasteiger partial charge in [-0.2, -0.15) is 5.10 Å². The number of halogens is 1. The summed E-state index contributed by atoms with van der Waals surface area (Å²) >= 11 is 5.91. The quantitative estimate of drug-likeness (QED) is 0.218. The summed E-state index contributed by atoms with van der Waals surface area (Å²) in [7, 11) is 0. The highest BCUT2D eigenvalue weighted by atomic mass is 35.5. The summed E-state index contributed by atoms with van der Waals surface area (Å²) in [6, 6.07) is 32.7. The van der Waals surface area contributed by atoms with Crippen LogP contribution in [0, 0.1) is 0 Å². The molecule has 0 spiro atoms. The van der Waals surface area contributed by atoms with Gasteiger partial charge in [0.2, 0.25) is 0 Å². The van der Waals surface area contributed by atoms with E-state index in [9.17, 15) is 4.79 Å². The molecule has 0 bridgehead atoms. The van der Waals surface area contributed by atoms with Gasteiger partial charge in [0.1, 0.15) is 18.1 Å². The zero-order valence-corrected chi connectivity index (χ0v) is 20.0. The van der Waals surface area contributed by atoms with Crippen molar-refractivity contribution in [1.82, 2.24) is 5.43 Å². The number of rotatable bonds is 9. The Morgan fingerprint density at radius 3 is 2.34 bits per heavy atom. The van der Waals surface area contributed by atoms with Crippen molar-refractivity contribution in [2.24, 2.45) is 5.10 Å². The summed E-state index contributed by atoms with van der Waals surface area (Å²) in [4.78, 5) is 12.4. The molecule has 0 saturated heterocycles. The van der Waals surface area contributed by atoms with E-state index < -0.39 is 6.10 Å². The van der Waals surface area contributed by atoms with Crippen LogP contribution in [0.4, 0.5) is 0 Å². The first-order chi connectivity index (χ1) is 17.1. The van der Waals surface area contributed by atoms with E-state index in [0.717, 1.165) is 22.3 Å². The summed E-state index contributed by atoms with van der Waals surface area (Å²) in [5.41, 5.74) is 6.54. The SMILES string of the molecule is C[C@H](Oc1ccc(-c2ccccc2)cc1)C(=O)N/N=C\c1cccc(OCc2ccc(Cl)cc2)c1. The largest absolute Gasteiger partial charge is 0.489 e. The lowest BCUT2D eigenvalue weighted by Gasteiger charge is -2.13. The van der Waals surface area contributed by atoms with Gasteiger partial charge in [-0.05, 0) is 65.6 Å². The number of benzene rings is 4. The van der Waals surface area contributed by atoms with Crippen molar-refractivity contribution in [2.45, 2.75) is 19.6 Å². The molecule has 6 heteroatoms. The van der Waals surface area contributed by atoms with Gasteiger partial charge in [0, 0.05) is 5.02 Å². The number of hydrogen-bond acceptors (Lipinski definition) is 4. The third kappa shape index (κ3) is 7.19. The molecular formula is C29H25ClN2O3. The molecule has 1 amide bonds. The maximum Gasteiger partial charge on any atom is 0.280 e. The highest BCUT2D eigenvalue weighted by Crippen LogP contribution is 2.22. The van der Waals surface area contributed by atoms with Crippen LogP contribution >= 0.6 is 11.6 Å². The van der Waals surface area contributed by atoms with Crippen LogP contribution in [0.1, 0.15) is 18.1 Å². The molecule has 0 aromatic heterocycles. The molecule has 176 valence electrons. The van der Waals surface area contributed by atoms with Crippen LogP contribution in [0.25, 0.3) is 11.1 Å². The number of hydrazone groups is 1. The molecule has 0 heterocycles. The van der Waals surface area contributed by atoms with E-state index in [2.05, 4.69) is 10.5 Å². The number of hydrogen-bond donors (Lipinski definition) is 1. The second kappa shape index (κ2) is 11.9. The summed E-state index contributed by atoms with van der Waals surface area (Å²) in [6.45, 7) is 2.11. The monoisotopic (exact) mass is 484 g/mol. The molecule has 0 aliphatic carbocycles. The highest BCUT2D eigenvalue weighted by Gasteiger charge is 2.14. The Balaban J connectivity index is 1.27. The van der Waals surface area contributed by atoms with Gasteiger partial charge in [-0.1, -0.05) is 78.3 Å². The second-order valence-corrected chi connectivity index (χ2v) is 8.31. The van der Waals surface area contributed by atoms with E-state index in [4.69, 9.17) is 21.1 Å². The number of carbonyl (C=O) groups excluding carboxylic acids is 1. The van der Waals surface area contributed by atoms with Crippen LogP contribution in [0.5, 0.6) is 11.5 Å². The first-order valence-corrected chi connectivity index (χ1v) is 11.6. The molecule has 5 nitrogen and oxygen atoms in total. The predicted molar refractivity (Wildman–Crippen MR) is 140 cm³/mol. The lowest BCUT2D eigenvalue weighted by atomic mass is 10.1. The van der Waals surface area contributed by atoms with Crippen molar-refractivity contribution in [3.8, 4) is 22.6 Å². The lowest BCUT2D eigenvalue weighted by molar-refractivity contribution is -0.127. The number of nitrogens with one attached hydrogen (secondary N) is 1. The fourth-order valence-electron chi connectivity index (χ4n) is 3.31. The number of carbonyl (C=O) groups is 1. The van der Waals surface area contributed by atoms with Gasteiger partial charge in [-0.3, -0.25) is 4.79 Å². The highest BCUT2D eigenvalue weighted by molar-refractivity contribution is 6.30. The minimum absolute atomic E-state index is 0.344. The summed E-state index contributed by atoms with van der Waals surface area (Å²) in [6.07, 6.45) is 0.859. The predicted octanol–water partition coefficient (Wildman–Crippen LogP) is 6.50. The van der Waals surface area contributed by atoms with Crippen molar-refractivity contribution < 1.29 is 14.3 Å². The summed E-state index contributed by atoms with van der Waals surface area (Å²) < 4.78 is 11.6. The van der Waals surface area contributed by atoms with E-state index in [1.807, 2.05) is 103 Å². The molecule has 4 aromatic carbocycles. The van der Waals surface area contributed by atoms with E-state index in [-0.39, 0.29) is 5.91 Å². The average molecular weight is 485 g/mol. The molecule has 0 unspecified atom stereocenters. The van der Waals surface area contributed by atoms with E-state index in [1.54, 1.807) is 13.1 Å². The molecule has 1 atom stereocenters. The molecule has 0 radical (unpaired) electrons. The zero-order valence-electron chi connectivity index (χ0n) is 19.2. The smallest absolute Gasteiger partial charge is 0.280 e. The molecule has 0 saturated carbocycles. The minimum Gasteiger partial charge on any atom is -0.489 e. The third-order valence-electron chi connectivity index (χ3n) is 5.21. The van der Waals surface area contributed by atoms with Crippen molar-refractivity contribution >= 4 is 23.7 Å². The molecular weight excluding hydrogens is 460 g/mol. The molecule has 0 aliphatic heterocycles. The first-order valence-electron chi connectivity index (χ1n) is 11.2. The Morgan fingerprint density at radius 1 is 0.886 bits per heavy atom. The van der Waals surface area contributed by atoms with Crippen LogP contribution in [-0.2, 0) is 11.4 Å². The van der Waals surface area contributed by atoms with Gasteiger partial charge in [-0.15, -0.1) is 0 Å². The maximum atomic E-state index is 12.4. The topological polar surface area (TPSA) is 59.9 Å². The average Bonchev–Trinajstić information content (AvgIpc) is 2.89. The van der Waals surface area contributed by atoms with Crippen LogP contribution in [-0.4, -0.2) is 18.2 Å². The van der Waals surface area contributed by atoms with Crippen molar-refractivity contribution in [3.63, 3.8) is 0 Å². The summed E-state index contributed by atoms with van der Waals surface area (Å²) in [5.74, 6) is 0.969. The molecule has 1 N–H and O–H groups in total. The Morgan fingerprint density at radius 2 is 1.60 bits per heavy atom. The lowest BCUT2D eigenvalue weighted by Crippen LogP contribution is -2.33. The maximum absolute atomic E-state index is 12.4. The van der Waals surface area contributed by atoms with Crippen molar-refractivity contribution in [3.05, 3.63) is 119 Å². The molecule has 0 aliphatic rings. The Bertz CT molecular complexity index is 1270. The van der Waals surface area contributed by atoms with E-state index in [0.29, 0.717) is 23.1 Å². The summed E-state index contributed by atoms with van der Waals surface area (Å²) in [5, 5.41) is 4.74. The fourth-order valence-corrected chi connectivity index (χ4v) is 3.43. The fraction of sp³-hybridized carbons (Fsp3) is 0.103. The first kappa shape index (κ1) is 24.0. The van der Waals surface area contributed by atoms with Crippen molar-refractivity contribution in [1.29, 1.82) is 0 Å². The van der Waals surface area contributed by atoms with Crippen LogP contribution in [0.15, 0.2) is 108 Å². The number of amides is 1. The van der Waals surface area contributed by atoms with Crippen LogP contribution in [0.2, 0.25) is 5.02 Å². The van der Waals surface area contributed by atoms with Gasteiger partial charge >= 0.3 is 0 Å². The Kier molecular flexibility index (Phi) is 8.15. The minimum atomic E-state index is -0.705. The van der Waals surface area contributed by atoms with Gasteiger partial charge in [0.15, 0.2) is 6.10 Å². The van der Waals surface area contributed by atoms with Gasteiger partial charge < -0.3 is 9.47 Å². The second-order valence-electron chi connectivity index (χ2n) is 7.87. The Hall–Kier alpha value is -4.09. The molecule has 35 heavy (non-hydrogen) atoms. The normalized spacial score (nSPS) is 11.7. The van der Waals surface area contributed by atoms with Crippen LogP contribution < -0.4 is 14.9 Å². The van der Waals surface area contributed by atoms with E-state index in [1.165, 1.54) is 0 Å². The molecule has 4 aromatic rings. The molecule has 4 rings (SSSR count). The standard InChI is InChI=1S/C29H25ClN2O3/c1-21(35-27-16-12-25(13-17-27)24-7-3-2-4-8-24)29(33)32-31-19-23-6-5-9-28(18-23)34-20-22-10-14-26(30)15-11-22/h2-19,21H,20H2,1H3,(H,32,33)/b31-19-/t21-/m0/s1. The van der Waals surface area contributed by atoms with Gasteiger partial charge in [-0.25, -0.2) is 5.43 Å². The zero-order chi connectivity index (χ0) is 24.5. The third-order valence-corrected chi connectivity index (χ3v) is 5.46. The number of ether oxygens (including phenoxy) is 2. The van der Waals surface area contributed by atoms with Crippen LogP contribution in [0.3, 0.4) is 0 Å². The Labute approximate surface area is 210 Å². The number of nitrogens with zero attached hydrogens (tertiary/aromatic N) is 1. The van der Waals surface area contributed by atoms with Crippen molar-refractivity contribution in [2.75, 3.05) is 0 Å². The van der Waals surface area contributed by atoms with Gasteiger partial charge in [0.05, 0.1) is 6.21 Å². The molecule has 0 fully saturated rings.